The largest absolute Gasteiger partial charge is 0.348 e. The second kappa shape index (κ2) is 4.75. The van der Waals surface area contributed by atoms with Crippen LogP contribution in [0.1, 0.15) is 6.42 Å². The highest BCUT2D eigenvalue weighted by Crippen LogP contribution is 2.20. The summed E-state index contributed by atoms with van der Waals surface area (Å²) in [6.07, 6.45) is 5.76. The zero-order valence-electron chi connectivity index (χ0n) is 6.05. The van der Waals surface area contributed by atoms with Crippen LogP contribution >= 0.6 is 22.6 Å². The molecule has 0 aromatic heterocycles. The molecule has 11 heavy (non-hydrogen) atoms. The third-order valence-corrected chi connectivity index (χ3v) is 2.27. The van der Waals surface area contributed by atoms with Crippen molar-refractivity contribution < 1.29 is 9.47 Å². The van der Waals surface area contributed by atoms with Crippen molar-refractivity contribution in [3.05, 3.63) is 9.66 Å². The molecule has 0 N–H and O–H groups in total. The van der Waals surface area contributed by atoms with Gasteiger partial charge in [-0.15, -0.1) is 6.42 Å². The van der Waals surface area contributed by atoms with Crippen molar-refractivity contribution in [3.8, 4) is 12.3 Å². The zero-order valence-corrected chi connectivity index (χ0v) is 8.21. The standard InChI is InChI=1S/C8H9IO2/c1-2-3-10-8-4-7(5-9)6-11-8/h1,5,8H,3-4,6H2/b7-5-. The highest BCUT2D eigenvalue weighted by atomic mass is 127. The van der Waals surface area contributed by atoms with Crippen LogP contribution in [0.15, 0.2) is 9.66 Å². The van der Waals surface area contributed by atoms with Gasteiger partial charge in [0.2, 0.25) is 0 Å². The Morgan fingerprint density at radius 3 is 3.27 bits per heavy atom. The fraction of sp³-hybridized carbons (Fsp3) is 0.500. The molecule has 1 aliphatic heterocycles. The van der Waals surface area contributed by atoms with Gasteiger partial charge < -0.3 is 9.47 Å². The summed E-state index contributed by atoms with van der Waals surface area (Å²) in [6, 6.07) is 0. The van der Waals surface area contributed by atoms with Crippen LogP contribution in [0.5, 0.6) is 0 Å². The lowest BCUT2D eigenvalue weighted by atomic mass is 10.3. The number of hydrogen-bond acceptors (Lipinski definition) is 2. The first kappa shape index (κ1) is 9.04. The Morgan fingerprint density at radius 1 is 1.91 bits per heavy atom. The van der Waals surface area contributed by atoms with Crippen LogP contribution in [0.25, 0.3) is 0 Å². The Labute approximate surface area is 80.1 Å². The second-order valence-corrected chi connectivity index (χ2v) is 2.85. The average Bonchev–Trinajstić information content (AvgIpc) is 2.48. The Bertz CT molecular complexity index is 193. The normalized spacial score (nSPS) is 27.3. The van der Waals surface area contributed by atoms with Crippen LogP contribution in [-0.2, 0) is 9.47 Å². The van der Waals surface area contributed by atoms with Gasteiger partial charge in [-0.3, -0.25) is 0 Å². The fourth-order valence-electron chi connectivity index (χ4n) is 0.856. The predicted molar refractivity (Wildman–Crippen MR) is 51.2 cm³/mol. The lowest BCUT2D eigenvalue weighted by molar-refractivity contribution is -0.0995. The maximum absolute atomic E-state index is 5.27. The molecule has 1 fully saturated rings. The zero-order chi connectivity index (χ0) is 8.10. The van der Waals surface area contributed by atoms with Gasteiger partial charge >= 0.3 is 0 Å². The smallest absolute Gasteiger partial charge is 0.163 e. The number of rotatable bonds is 2. The van der Waals surface area contributed by atoms with E-state index in [1.165, 1.54) is 5.57 Å². The van der Waals surface area contributed by atoms with Gasteiger partial charge in [0.1, 0.15) is 6.61 Å². The van der Waals surface area contributed by atoms with Crippen molar-refractivity contribution in [1.29, 1.82) is 0 Å². The Kier molecular flexibility index (Phi) is 3.91. The molecule has 0 bridgehead atoms. The SMILES string of the molecule is C#CCOC1C/C(=C/I)CO1. The summed E-state index contributed by atoms with van der Waals surface area (Å²) in [4.78, 5) is 0. The van der Waals surface area contributed by atoms with Gasteiger partial charge in [0.25, 0.3) is 0 Å². The Morgan fingerprint density at radius 2 is 2.73 bits per heavy atom. The van der Waals surface area contributed by atoms with Crippen LogP contribution in [0.4, 0.5) is 0 Å². The van der Waals surface area contributed by atoms with Gasteiger partial charge in [-0.25, -0.2) is 0 Å². The minimum absolute atomic E-state index is 0.118. The van der Waals surface area contributed by atoms with Gasteiger partial charge in [-0.05, 0) is 9.66 Å². The van der Waals surface area contributed by atoms with Gasteiger partial charge in [-0.1, -0.05) is 28.5 Å². The van der Waals surface area contributed by atoms with Crippen molar-refractivity contribution in [2.24, 2.45) is 0 Å². The van der Waals surface area contributed by atoms with Crippen LogP contribution in [0, 0.1) is 12.3 Å². The molecular formula is C8H9IO2. The van der Waals surface area contributed by atoms with Crippen molar-refractivity contribution in [1.82, 2.24) is 0 Å². The molecule has 1 atom stereocenters. The molecule has 1 aliphatic rings. The van der Waals surface area contributed by atoms with Crippen molar-refractivity contribution in [2.45, 2.75) is 12.7 Å². The molecule has 1 saturated heterocycles. The molecule has 0 radical (unpaired) electrons. The maximum Gasteiger partial charge on any atom is 0.163 e. The van der Waals surface area contributed by atoms with E-state index in [0.717, 1.165) is 6.42 Å². The predicted octanol–water partition coefficient (Wildman–Crippen LogP) is 1.70. The third kappa shape index (κ3) is 2.81. The first-order chi connectivity index (χ1) is 5.36. The molecule has 1 rings (SSSR count). The molecule has 2 nitrogen and oxygen atoms in total. The minimum atomic E-state index is -0.118. The lowest BCUT2D eigenvalue weighted by Gasteiger charge is -2.06. The van der Waals surface area contributed by atoms with Gasteiger partial charge in [0, 0.05) is 6.42 Å². The van der Waals surface area contributed by atoms with E-state index in [4.69, 9.17) is 15.9 Å². The average molecular weight is 264 g/mol. The molecule has 0 aromatic rings. The summed E-state index contributed by atoms with van der Waals surface area (Å²) in [5.41, 5.74) is 1.27. The van der Waals surface area contributed by atoms with E-state index in [2.05, 4.69) is 28.5 Å². The van der Waals surface area contributed by atoms with E-state index in [9.17, 15) is 0 Å². The first-order valence-electron chi connectivity index (χ1n) is 3.31. The number of terminal acetylenes is 1. The van der Waals surface area contributed by atoms with E-state index in [-0.39, 0.29) is 6.29 Å². The Hall–Kier alpha value is -0.0500. The molecule has 1 heterocycles. The van der Waals surface area contributed by atoms with Crippen LogP contribution in [0.3, 0.4) is 0 Å². The quantitative estimate of drug-likeness (QED) is 0.558. The molecule has 0 aromatic carbocycles. The molecule has 0 spiro atoms. The fourth-order valence-corrected chi connectivity index (χ4v) is 1.29. The van der Waals surface area contributed by atoms with E-state index >= 15 is 0 Å². The first-order valence-corrected chi connectivity index (χ1v) is 4.56. The van der Waals surface area contributed by atoms with E-state index < -0.39 is 0 Å². The number of halogens is 1. The van der Waals surface area contributed by atoms with Crippen LogP contribution in [0.2, 0.25) is 0 Å². The van der Waals surface area contributed by atoms with Crippen LogP contribution in [-0.4, -0.2) is 19.5 Å². The highest BCUT2D eigenvalue weighted by molar-refractivity contribution is 14.1. The molecule has 3 heteroatoms. The molecule has 0 amide bonds. The third-order valence-electron chi connectivity index (χ3n) is 1.39. The summed E-state index contributed by atoms with van der Waals surface area (Å²) in [7, 11) is 0. The summed E-state index contributed by atoms with van der Waals surface area (Å²) >= 11 is 2.20. The number of hydrogen-bond donors (Lipinski definition) is 0. The molecular weight excluding hydrogens is 255 g/mol. The van der Waals surface area contributed by atoms with E-state index in [1.54, 1.807) is 0 Å². The minimum Gasteiger partial charge on any atom is -0.348 e. The van der Waals surface area contributed by atoms with Gasteiger partial charge in [0.15, 0.2) is 6.29 Å². The molecule has 0 aliphatic carbocycles. The van der Waals surface area contributed by atoms with E-state index in [1.807, 2.05) is 4.08 Å². The molecule has 60 valence electrons. The molecule has 0 saturated carbocycles. The lowest BCUT2D eigenvalue weighted by Crippen LogP contribution is -2.10. The van der Waals surface area contributed by atoms with Gasteiger partial charge in [-0.2, -0.15) is 0 Å². The summed E-state index contributed by atoms with van der Waals surface area (Å²) in [5.74, 6) is 2.40. The van der Waals surface area contributed by atoms with Crippen molar-refractivity contribution in [2.75, 3.05) is 13.2 Å². The highest BCUT2D eigenvalue weighted by Gasteiger charge is 2.19. The van der Waals surface area contributed by atoms with Crippen molar-refractivity contribution in [3.63, 3.8) is 0 Å². The maximum atomic E-state index is 5.27. The summed E-state index contributed by atoms with van der Waals surface area (Å²) in [6.45, 7) is 1.01. The molecule has 1 unspecified atom stereocenters. The number of ether oxygens (including phenoxy) is 2. The van der Waals surface area contributed by atoms with Gasteiger partial charge in [0.05, 0.1) is 6.61 Å². The van der Waals surface area contributed by atoms with Crippen LogP contribution < -0.4 is 0 Å². The Balaban J connectivity index is 2.26. The summed E-state index contributed by atoms with van der Waals surface area (Å²) < 4.78 is 12.5. The van der Waals surface area contributed by atoms with Crippen molar-refractivity contribution >= 4 is 22.6 Å². The second-order valence-electron chi connectivity index (χ2n) is 2.23. The topological polar surface area (TPSA) is 18.5 Å². The monoisotopic (exact) mass is 264 g/mol. The van der Waals surface area contributed by atoms with E-state index in [0.29, 0.717) is 13.2 Å². The summed E-state index contributed by atoms with van der Waals surface area (Å²) in [5, 5.41) is 0.